The van der Waals surface area contributed by atoms with Crippen LogP contribution < -0.4 is 10.6 Å². The van der Waals surface area contributed by atoms with E-state index < -0.39 is 0 Å². The Hall–Kier alpha value is -4.31. The van der Waals surface area contributed by atoms with Crippen molar-refractivity contribution < 1.29 is 9.53 Å². The number of ether oxygens (including phenoxy) is 1. The molecule has 0 radical (unpaired) electrons. The molecule has 6 rings (SSSR count). The number of anilines is 2. The fourth-order valence-electron chi connectivity index (χ4n) is 4.80. The lowest BCUT2D eigenvalue weighted by Crippen LogP contribution is -2.38. The molecule has 3 N–H and O–H groups in total. The number of carbonyl (C=O) groups is 1. The smallest absolute Gasteiger partial charge is 0.255 e. The van der Waals surface area contributed by atoms with Gasteiger partial charge in [0.1, 0.15) is 5.65 Å². The maximum atomic E-state index is 13.1. The van der Waals surface area contributed by atoms with Crippen LogP contribution in [0.5, 0.6) is 0 Å². The van der Waals surface area contributed by atoms with Crippen LogP contribution >= 0.6 is 0 Å². The lowest BCUT2D eigenvalue weighted by atomic mass is 9.93. The summed E-state index contributed by atoms with van der Waals surface area (Å²) in [6.07, 6.45) is 14.7. The Balaban J connectivity index is 1.25. The molecule has 10 nitrogen and oxygen atoms in total. The molecule has 0 unspecified atom stereocenters. The maximum Gasteiger partial charge on any atom is 0.255 e. The van der Waals surface area contributed by atoms with Crippen molar-refractivity contribution in [3.63, 3.8) is 0 Å². The molecule has 5 heterocycles. The average molecular weight is 483 g/mol. The van der Waals surface area contributed by atoms with Gasteiger partial charge in [-0.05, 0) is 55.5 Å². The normalized spacial score (nSPS) is 17.9. The van der Waals surface area contributed by atoms with Crippen molar-refractivity contribution in [3.8, 4) is 11.1 Å². The highest BCUT2D eigenvalue weighted by molar-refractivity contribution is 6.02. The Morgan fingerprint density at radius 2 is 1.97 bits per heavy atom. The van der Waals surface area contributed by atoms with Gasteiger partial charge in [-0.15, -0.1) is 0 Å². The highest BCUT2D eigenvalue weighted by Gasteiger charge is 2.24. The second-order valence-electron chi connectivity index (χ2n) is 9.01. The molecular formula is C26H26N8O2. The van der Waals surface area contributed by atoms with Gasteiger partial charge in [-0.1, -0.05) is 0 Å². The highest BCUT2D eigenvalue weighted by atomic mass is 16.5. The average Bonchev–Trinajstić information content (AvgIpc) is 3.53. The summed E-state index contributed by atoms with van der Waals surface area (Å²) in [7, 11) is 1.75. The van der Waals surface area contributed by atoms with Crippen molar-refractivity contribution in [2.75, 3.05) is 12.4 Å². The second-order valence-corrected chi connectivity index (χ2v) is 9.01. The summed E-state index contributed by atoms with van der Waals surface area (Å²) in [5, 5.41) is 11.6. The van der Waals surface area contributed by atoms with E-state index in [1.165, 1.54) is 0 Å². The number of hydrogen-bond acceptors (Lipinski definition) is 7. The van der Waals surface area contributed by atoms with Crippen LogP contribution in [-0.2, 0) is 4.74 Å². The van der Waals surface area contributed by atoms with E-state index >= 15 is 0 Å². The van der Waals surface area contributed by atoms with Gasteiger partial charge >= 0.3 is 0 Å². The SMILES string of the molecule is CO[C@H]1CC[C@H](NC(=O)c2cnn3ccc(-c4c[nH]c5nc(Nc6ccncc6)ncc45)cc23)CC1. The minimum atomic E-state index is -0.0999. The van der Waals surface area contributed by atoms with E-state index in [-0.39, 0.29) is 11.9 Å². The standard InChI is InChI=1S/C26H26N8O2/c1-36-19-4-2-17(3-5-19)31-25(35)22-15-30-34-11-8-16(12-23(22)34)20-13-28-24-21(20)14-29-26(33-24)32-18-6-9-27-10-7-18/h6-15,17,19H,2-5H2,1H3,(H,31,35)(H2,27,28,29,32,33)/t17-,19-. The highest BCUT2D eigenvalue weighted by Crippen LogP contribution is 2.30. The largest absolute Gasteiger partial charge is 0.381 e. The van der Waals surface area contributed by atoms with Gasteiger partial charge in [-0.3, -0.25) is 9.78 Å². The third-order valence-corrected chi connectivity index (χ3v) is 6.79. The summed E-state index contributed by atoms with van der Waals surface area (Å²) in [6, 6.07) is 7.82. The number of fused-ring (bicyclic) bond motifs is 2. The van der Waals surface area contributed by atoms with Crippen molar-refractivity contribution in [2.45, 2.75) is 37.8 Å². The van der Waals surface area contributed by atoms with Gasteiger partial charge in [0.15, 0.2) is 0 Å². The first-order valence-corrected chi connectivity index (χ1v) is 12.0. The number of methoxy groups -OCH3 is 1. The van der Waals surface area contributed by atoms with Gasteiger partial charge in [-0.25, -0.2) is 9.50 Å². The van der Waals surface area contributed by atoms with E-state index in [1.807, 2.05) is 36.7 Å². The molecule has 0 aromatic carbocycles. The number of amides is 1. The second kappa shape index (κ2) is 9.38. The van der Waals surface area contributed by atoms with Crippen LogP contribution in [0.25, 0.3) is 27.7 Å². The van der Waals surface area contributed by atoms with Gasteiger partial charge < -0.3 is 20.4 Å². The molecule has 1 aliphatic rings. The fourth-order valence-corrected chi connectivity index (χ4v) is 4.80. The number of nitrogens with zero attached hydrogens (tertiary/aromatic N) is 5. The van der Waals surface area contributed by atoms with Crippen LogP contribution in [0.4, 0.5) is 11.6 Å². The quantitative estimate of drug-likeness (QED) is 0.333. The molecule has 0 bridgehead atoms. The molecule has 5 aromatic rings. The van der Waals surface area contributed by atoms with Gasteiger partial charge in [0.2, 0.25) is 5.95 Å². The third kappa shape index (κ3) is 4.27. The molecule has 1 saturated carbocycles. The molecular weight excluding hydrogens is 456 g/mol. The maximum absolute atomic E-state index is 13.1. The molecule has 0 saturated heterocycles. The third-order valence-electron chi connectivity index (χ3n) is 6.79. The molecule has 10 heteroatoms. The van der Waals surface area contributed by atoms with Crippen LogP contribution in [0.2, 0.25) is 0 Å². The van der Waals surface area contributed by atoms with E-state index in [0.717, 1.165) is 59.0 Å². The predicted octanol–water partition coefficient (Wildman–Crippen LogP) is 4.10. The lowest BCUT2D eigenvalue weighted by Gasteiger charge is -2.28. The summed E-state index contributed by atoms with van der Waals surface area (Å²) in [5.74, 6) is 0.393. The first-order valence-electron chi connectivity index (χ1n) is 12.0. The van der Waals surface area contributed by atoms with Gasteiger partial charge in [0, 0.05) is 60.8 Å². The van der Waals surface area contributed by atoms with E-state index in [9.17, 15) is 4.79 Å². The molecule has 0 atom stereocenters. The minimum Gasteiger partial charge on any atom is -0.381 e. The van der Waals surface area contributed by atoms with Gasteiger partial charge in [0.25, 0.3) is 5.91 Å². The number of H-pyrrole nitrogens is 1. The summed E-state index contributed by atoms with van der Waals surface area (Å²) in [4.78, 5) is 29.4. The molecule has 5 aromatic heterocycles. The van der Waals surface area contributed by atoms with E-state index in [1.54, 1.807) is 36.4 Å². The first kappa shape index (κ1) is 22.2. The summed E-state index contributed by atoms with van der Waals surface area (Å²) < 4.78 is 7.17. The van der Waals surface area contributed by atoms with Crippen LogP contribution in [0.1, 0.15) is 36.0 Å². The van der Waals surface area contributed by atoms with Gasteiger partial charge in [-0.2, -0.15) is 10.1 Å². The topological polar surface area (TPSA) is 122 Å². The van der Waals surface area contributed by atoms with E-state index in [4.69, 9.17) is 4.74 Å². The molecule has 1 fully saturated rings. The molecule has 36 heavy (non-hydrogen) atoms. The van der Waals surface area contributed by atoms with Crippen molar-refractivity contribution in [1.82, 2.24) is 34.9 Å². The number of nitrogens with one attached hydrogen (secondary N) is 3. The Morgan fingerprint density at radius 1 is 1.14 bits per heavy atom. The summed E-state index contributed by atoms with van der Waals surface area (Å²) >= 11 is 0. The van der Waals surface area contributed by atoms with Crippen LogP contribution in [0.3, 0.4) is 0 Å². The molecule has 182 valence electrons. The number of aromatic amines is 1. The molecule has 1 aliphatic carbocycles. The van der Waals surface area contributed by atoms with Crippen LogP contribution in [0.15, 0.2) is 61.4 Å². The Labute approximate surface area is 207 Å². The zero-order chi connectivity index (χ0) is 24.5. The molecule has 0 aliphatic heterocycles. The Kier molecular flexibility index (Phi) is 5.78. The lowest BCUT2D eigenvalue weighted by molar-refractivity contribution is 0.0599. The Morgan fingerprint density at radius 3 is 2.78 bits per heavy atom. The number of rotatable bonds is 6. The van der Waals surface area contributed by atoms with Crippen molar-refractivity contribution >= 4 is 34.1 Å². The van der Waals surface area contributed by atoms with Gasteiger partial charge in [0.05, 0.1) is 23.4 Å². The number of aromatic nitrogens is 6. The fraction of sp³-hybridized carbons (Fsp3) is 0.269. The molecule has 1 amide bonds. The van der Waals surface area contributed by atoms with Crippen molar-refractivity contribution in [3.05, 3.63) is 67.0 Å². The summed E-state index contributed by atoms with van der Waals surface area (Å²) in [6.45, 7) is 0. The molecule has 0 spiro atoms. The van der Waals surface area contributed by atoms with Crippen LogP contribution in [0, 0.1) is 0 Å². The van der Waals surface area contributed by atoms with Crippen molar-refractivity contribution in [2.24, 2.45) is 0 Å². The monoisotopic (exact) mass is 482 g/mol. The number of carbonyl (C=O) groups excluding carboxylic acids is 1. The Bertz CT molecular complexity index is 1520. The van der Waals surface area contributed by atoms with E-state index in [0.29, 0.717) is 17.6 Å². The summed E-state index contributed by atoms with van der Waals surface area (Å²) in [5.41, 5.74) is 4.79. The first-order chi connectivity index (χ1) is 17.7. The van der Waals surface area contributed by atoms with Crippen LogP contribution in [-0.4, -0.2) is 54.7 Å². The predicted molar refractivity (Wildman–Crippen MR) is 136 cm³/mol. The zero-order valence-corrected chi connectivity index (χ0v) is 19.8. The number of pyridine rings is 2. The zero-order valence-electron chi connectivity index (χ0n) is 19.8. The minimum absolute atomic E-state index is 0.0999. The number of hydrogen-bond donors (Lipinski definition) is 3. The van der Waals surface area contributed by atoms with E-state index in [2.05, 4.69) is 35.7 Å². The van der Waals surface area contributed by atoms with Crippen molar-refractivity contribution in [1.29, 1.82) is 0 Å².